The van der Waals surface area contributed by atoms with Crippen molar-refractivity contribution in [1.29, 1.82) is 0 Å². The fourth-order valence-electron chi connectivity index (χ4n) is 12.7. The van der Waals surface area contributed by atoms with Gasteiger partial charge in [-0.2, -0.15) is 0 Å². The summed E-state index contributed by atoms with van der Waals surface area (Å²) in [6, 6.07) is 1.19. The van der Waals surface area contributed by atoms with E-state index in [-0.39, 0.29) is 73.6 Å². The Balaban J connectivity index is 1.62. The van der Waals surface area contributed by atoms with Crippen LogP contribution in [-0.4, -0.2) is 279 Å². The molecule has 32 heteroatoms. The zero-order chi connectivity index (χ0) is 77.5. The van der Waals surface area contributed by atoms with Gasteiger partial charge in [0.1, 0.15) is 48.5 Å². The van der Waals surface area contributed by atoms with Crippen molar-refractivity contribution < 1.29 is 97.6 Å². The molecule has 0 radical (unpaired) electrons. The fraction of sp³-hybridized carbons (Fsp3) is 0.718. The van der Waals surface area contributed by atoms with E-state index in [1.807, 2.05) is 52.5 Å². The second-order valence-corrected chi connectivity index (χ2v) is 29.0. The molecule has 13 N–H and O–H groups in total. The van der Waals surface area contributed by atoms with Gasteiger partial charge in [-0.05, 0) is 75.3 Å². The molecule has 1 saturated heterocycles. The van der Waals surface area contributed by atoms with Crippen LogP contribution >= 0.6 is 11.8 Å². The Morgan fingerprint density at radius 1 is 0.680 bits per heavy atom. The van der Waals surface area contributed by atoms with E-state index in [1.54, 1.807) is 68.9 Å². The summed E-state index contributed by atoms with van der Waals surface area (Å²) in [6.07, 6.45) is -4.68. The van der Waals surface area contributed by atoms with E-state index in [9.17, 15) is 83.1 Å². The van der Waals surface area contributed by atoms with E-state index in [2.05, 4.69) is 37.2 Å². The zero-order valence-corrected chi connectivity index (χ0v) is 63.2. The first-order valence-corrected chi connectivity index (χ1v) is 36.8. The van der Waals surface area contributed by atoms with Crippen molar-refractivity contribution in [3.05, 3.63) is 48.0 Å². The van der Waals surface area contributed by atoms with Crippen LogP contribution in [0.1, 0.15) is 139 Å². The van der Waals surface area contributed by atoms with Crippen LogP contribution in [0.25, 0.3) is 0 Å². The lowest BCUT2D eigenvalue weighted by Gasteiger charge is -2.41. The van der Waals surface area contributed by atoms with E-state index in [0.717, 1.165) is 10.5 Å². The number of amides is 11. The lowest BCUT2D eigenvalue weighted by Crippen LogP contribution is -2.60. The van der Waals surface area contributed by atoms with Crippen LogP contribution in [0.5, 0.6) is 0 Å². The Morgan fingerprint density at radius 3 is 1.87 bits per heavy atom. The molecule has 103 heavy (non-hydrogen) atoms. The molecule has 1 aromatic rings. The summed E-state index contributed by atoms with van der Waals surface area (Å²) < 4.78 is 12.0. The summed E-state index contributed by atoms with van der Waals surface area (Å²) in [5.74, 6) is -8.76. The molecular formula is C71H117N11O20S. The highest BCUT2D eigenvalue weighted by Crippen LogP contribution is 2.30. The molecular weight excluding hydrogens is 1360 g/mol. The third-order valence-electron chi connectivity index (χ3n) is 19.0. The van der Waals surface area contributed by atoms with Gasteiger partial charge in [0.05, 0.1) is 61.3 Å². The Hall–Kier alpha value is -7.17. The molecule has 0 spiro atoms. The van der Waals surface area contributed by atoms with Crippen LogP contribution in [0.2, 0.25) is 0 Å². The van der Waals surface area contributed by atoms with Gasteiger partial charge in [0.15, 0.2) is 0 Å². The fourth-order valence-corrected chi connectivity index (χ4v) is 13.5. The number of methoxy groups -OCH3 is 2. The van der Waals surface area contributed by atoms with Crippen molar-refractivity contribution in [2.45, 2.75) is 225 Å². The minimum Gasteiger partial charge on any atom is -0.480 e. The number of carboxylic acid groups (broad SMARTS) is 1. The molecule has 2 aliphatic rings. The minimum atomic E-state index is -1.96. The molecule has 16 atom stereocenters. The summed E-state index contributed by atoms with van der Waals surface area (Å²) in [7, 11) is 6.37. The summed E-state index contributed by atoms with van der Waals surface area (Å²) in [4.78, 5) is 167. The second-order valence-electron chi connectivity index (χ2n) is 27.9. The number of aliphatic hydroxyl groups is 5. The topological polar surface area (TPSA) is 442 Å². The van der Waals surface area contributed by atoms with E-state index in [4.69, 9.17) is 14.6 Å². The average Bonchev–Trinajstić information content (AvgIpc) is 1.80. The average molecular weight is 1480 g/mol. The van der Waals surface area contributed by atoms with Crippen LogP contribution in [0.4, 0.5) is 0 Å². The van der Waals surface area contributed by atoms with Crippen molar-refractivity contribution >= 4 is 82.7 Å². The van der Waals surface area contributed by atoms with Crippen LogP contribution in [0.15, 0.2) is 42.5 Å². The number of likely N-dealkylation sites (tertiary alicyclic amines) is 1. The molecule has 3 rings (SSSR count). The standard InChI is InChI=1S/C71H117N11O20S/c1-15-43(8)61(52(101-13)36-57(90)81-32-22-25-49(81)64(102-14)44(9)65(93)76-48(71(99)100)35-46-23-18-16-19-24-46)80(12)70(98)59(41(4)5)78-69(97)60(42(6)7)79(11)33-34-103-39-73-66(94)45(10)74-68(96)58(40(2)3)77-67(95)47(27-28-53(86)72-37-50(84)62(91)63(92)51(85)38-83)75-54(87)26-20-17-21-31-82-55(88)29-30-56(82)89/h16,18-19,23-24,29-30,40-45,47-52,58-64,83-85,91-92H,15,17,20-22,25-28,31-39H2,1-14H3,(H,72,86)(H,73,94)(H,74,96)(H,75,87)(H,76,93)(H,77,95)(H,78,97)(H,99,100)/t43-,44+,45-,47-,48-,49-,50-,51+,52+,58-,59-,60-,61-,62+,63+,64+/m0/s1. The highest BCUT2D eigenvalue weighted by Gasteiger charge is 2.44. The number of carboxylic acids is 1. The third-order valence-corrected chi connectivity index (χ3v) is 19.8. The van der Waals surface area contributed by atoms with Crippen LogP contribution < -0.4 is 37.2 Å². The maximum Gasteiger partial charge on any atom is 0.326 e. The number of carbonyl (C=O) groups excluding carboxylic acids is 11. The van der Waals surface area contributed by atoms with E-state index in [1.165, 1.54) is 45.1 Å². The van der Waals surface area contributed by atoms with Crippen LogP contribution in [0.3, 0.4) is 0 Å². The number of ether oxygens (including phenoxy) is 2. The Kier molecular flexibility index (Phi) is 39.6. The number of carbonyl (C=O) groups is 12. The predicted molar refractivity (Wildman–Crippen MR) is 383 cm³/mol. The van der Waals surface area contributed by atoms with Gasteiger partial charge in [-0.3, -0.25) is 62.5 Å². The normalized spacial score (nSPS) is 18.3. The van der Waals surface area contributed by atoms with Crippen LogP contribution in [-0.2, 0) is 73.4 Å². The molecule has 0 aromatic heterocycles. The third kappa shape index (κ3) is 28.3. The number of rotatable bonds is 48. The van der Waals surface area contributed by atoms with E-state index in [0.29, 0.717) is 57.4 Å². The summed E-state index contributed by atoms with van der Waals surface area (Å²) in [6.45, 7) is 17.1. The molecule has 11 amide bonds. The summed E-state index contributed by atoms with van der Waals surface area (Å²) in [5.41, 5.74) is 0.740. The SMILES string of the molecule is CC[C@H](C)[C@@H]([C@@H](CC(=O)N1CCC[C@H]1[C@H](OC)[C@@H](C)C(=O)N[C@@H](Cc1ccccc1)C(=O)O)OC)N(C)C(=O)[C@@H](NC(=O)[C@H](C(C)C)N(C)CCSCNC(=O)[C@H](C)NC(=O)[C@@H](NC(=O)[C@H](CCC(=O)NC[C@H](O)[C@@H](O)[C@H](O)[C@H](O)CO)NC(=O)CCCCCN1C(=O)C=CC1=O)C(C)C)C(C)C. The monoisotopic (exact) mass is 1480 g/mol. The number of thioether (sulfide) groups is 1. The maximum atomic E-state index is 14.8. The number of hydrogen-bond acceptors (Lipinski definition) is 21. The number of benzene rings is 1. The number of aliphatic carboxylic acids is 1. The lowest BCUT2D eigenvalue weighted by molar-refractivity contribution is -0.148. The first kappa shape index (κ1) is 90.0. The molecule has 2 heterocycles. The van der Waals surface area contributed by atoms with Gasteiger partial charge in [0.25, 0.3) is 11.8 Å². The van der Waals surface area contributed by atoms with Gasteiger partial charge in [0.2, 0.25) is 53.2 Å². The molecule has 31 nitrogen and oxygen atoms in total. The number of imide groups is 1. The smallest absolute Gasteiger partial charge is 0.326 e. The lowest BCUT2D eigenvalue weighted by atomic mass is 9.89. The first-order valence-electron chi connectivity index (χ1n) is 35.7. The number of unbranched alkanes of at least 4 members (excludes halogenated alkanes) is 2. The highest BCUT2D eigenvalue weighted by atomic mass is 32.2. The predicted octanol–water partition coefficient (Wildman–Crippen LogP) is -0.429. The largest absolute Gasteiger partial charge is 0.480 e. The maximum absolute atomic E-state index is 14.8. The second kappa shape index (κ2) is 45.3. The molecule has 2 aliphatic heterocycles. The molecule has 1 aromatic carbocycles. The van der Waals surface area contributed by atoms with E-state index < -0.39 is 170 Å². The first-order chi connectivity index (χ1) is 48.6. The van der Waals surface area contributed by atoms with Gasteiger partial charge in [-0.15, -0.1) is 11.8 Å². The molecule has 0 saturated carbocycles. The molecule has 582 valence electrons. The van der Waals surface area contributed by atoms with Crippen molar-refractivity contribution in [3.8, 4) is 0 Å². The van der Waals surface area contributed by atoms with Gasteiger partial charge in [0, 0.05) is 84.6 Å². The Morgan fingerprint density at radius 2 is 1.30 bits per heavy atom. The number of hydrogen-bond donors (Lipinski definition) is 13. The van der Waals surface area contributed by atoms with Crippen molar-refractivity contribution in [2.75, 3.05) is 72.7 Å². The number of nitrogens with one attached hydrogen (secondary N) is 7. The molecule has 0 unspecified atom stereocenters. The Labute approximate surface area is 609 Å². The molecule has 0 bridgehead atoms. The minimum absolute atomic E-state index is 0.0745. The summed E-state index contributed by atoms with van der Waals surface area (Å²) >= 11 is 1.34. The van der Waals surface area contributed by atoms with Crippen molar-refractivity contribution in [1.82, 2.24) is 56.8 Å². The number of aliphatic hydroxyl groups excluding tert-OH is 5. The molecule has 0 aliphatic carbocycles. The van der Waals surface area contributed by atoms with E-state index >= 15 is 0 Å². The number of nitrogens with zero attached hydrogens (tertiary/aromatic N) is 4. The van der Waals surface area contributed by atoms with Gasteiger partial charge >= 0.3 is 5.97 Å². The number of likely N-dealkylation sites (N-methyl/N-ethyl adjacent to an activating group) is 2. The zero-order valence-electron chi connectivity index (χ0n) is 62.3. The molecule has 1 fully saturated rings. The van der Waals surface area contributed by atoms with Gasteiger partial charge in [-0.25, -0.2) is 4.79 Å². The highest BCUT2D eigenvalue weighted by molar-refractivity contribution is 7.99. The van der Waals surface area contributed by atoms with Gasteiger partial charge in [-0.1, -0.05) is 105 Å². The van der Waals surface area contributed by atoms with Crippen molar-refractivity contribution in [2.24, 2.45) is 29.6 Å². The van der Waals surface area contributed by atoms with Crippen molar-refractivity contribution in [3.63, 3.8) is 0 Å². The quantitative estimate of drug-likeness (QED) is 0.0224. The van der Waals surface area contributed by atoms with Crippen LogP contribution in [0, 0.1) is 29.6 Å². The van der Waals surface area contributed by atoms with Gasteiger partial charge < -0.3 is 87.1 Å². The summed E-state index contributed by atoms with van der Waals surface area (Å²) in [5, 5.41) is 77.9. The Bertz CT molecular complexity index is 2950.